The molecule has 0 fully saturated rings. The third-order valence-corrected chi connectivity index (χ3v) is 5.59. The quantitative estimate of drug-likeness (QED) is 0.505. The molecule has 1 aromatic heterocycles. The first-order valence-corrected chi connectivity index (χ1v) is 11.6. The Morgan fingerprint density at radius 2 is 1.91 bits per heavy atom. The first-order chi connectivity index (χ1) is 14.7. The molecule has 0 aliphatic carbocycles. The zero-order valence-electron chi connectivity index (χ0n) is 18.3. The maximum Gasteiger partial charge on any atom is 0.306 e. The van der Waals surface area contributed by atoms with E-state index in [1.807, 2.05) is 26.2 Å². The van der Waals surface area contributed by atoms with Crippen molar-refractivity contribution in [2.24, 2.45) is 0 Å². The SMILES string of the molecule is COCc1cc(-c2cc3cc(CN(C)C)ccc3[nH]2)c2c(c1OS(C)(=O)=O)CNC2=O.Cl. The Balaban J connectivity index is 0.00000289. The second-order valence-corrected chi connectivity index (χ2v) is 9.59. The summed E-state index contributed by atoms with van der Waals surface area (Å²) in [6.07, 6.45) is 0.983. The highest BCUT2D eigenvalue weighted by molar-refractivity contribution is 7.86. The Morgan fingerprint density at radius 1 is 1.16 bits per heavy atom. The number of aromatic amines is 1. The molecule has 3 aromatic rings. The van der Waals surface area contributed by atoms with Gasteiger partial charge in [-0.2, -0.15) is 8.42 Å². The third kappa shape index (κ3) is 4.75. The summed E-state index contributed by atoms with van der Waals surface area (Å²) in [5.74, 6) is -0.106. The van der Waals surface area contributed by atoms with E-state index in [4.69, 9.17) is 8.92 Å². The highest BCUT2D eigenvalue weighted by Gasteiger charge is 2.31. The number of nitrogens with zero attached hydrogens (tertiary/aromatic N) is 1. The number of hydrogen-bond donors (Lipinski definition) is 2. The van der Waals surface area contributed by atoms with E-state index in [1.54, 1.807) is 6.07 Å². The van der Waals surface area contributed by atoms with Gasteiger partial charge in [0.15, 0.2) is 5.75 Å². The summed E-state index contributed by atoms with van der Waals surface area (Å²) in [5.41, 5.74) is 5.09. The van der Waals surface area contributed by atoms with Crippen LogP contribution in [0.2, 0.25) is 0 Å². The van der Waals surface area contributed by atoms with Crippen LogP contribution >= 0.6 is 12.4 Å². The van der Waals surface area contributed by atoms with Gasteiger partial charge in [0.05, 0.1) is 18.4 Å². The van der Waals surface area contributed by atoms with Gasteiger partial charge in [0, 0.05) is 53.5 Å². The monoisotopic (exact) mass is 479 g/mol. The lowest BCUT2D eigenvalue weighted by Crippen LogP contribution is -2.13. The summed E-state index contributed by atoms with van der Waals surface area (Å²) in [7, 11) is 1.79. The van der Waals surface area contributed by atoms with Crippen LogP contribution in [0.5, 0.6) is 5.75 Å². The summed E-state index contributed by atoms with van der Waals surface area (Å²) in [5, 5.41) is 3.81. The molecule has 0 spiro atoms. The number of benzene rings is 2. The van der Waals surface area contributed by atoms with Crippen molar-refractivity contribution < 1.29 is 22.1 Å². The molecule has 8 nitrogen and oxygen atoms in total. The number of fused-ring (bicyclic) bond motifs is 2. The average molecular weight is 480 g/mol. The smallest absolute Gasteiger partial charge is 0.306 e. The van der Waals surface area contributed by atoms with Crippen LogP contribution in [-0.4, -0.2) is 51.7 Å². The molecule has 0 bridgehead atoms. The topological polar surface area (TPSA) is 101 Å². The first kappa shape index (κ1) is 24.1. The third-order valence-electron chi connectivity index (χ3n) is 5.12. The summed E-state index contributed by atoms with van der Waals surface area (Å²) in [4.78, 5) is 18.2. The van der Waals surface area contributed by atoms with Crippen molar-refractivity contribution in [2.45, 2.75) is 19.7 Å². The van der Waals surface area contributed by atoms with Gasteiger partial charge in [-0.3, -0.25) is 4.79 Å². The van der Waals surface area contributed by atoms with Crippen molar-refractivity contribution in [2.75, 3.05) is 27.5 Å². The second kappa shape index (κ2) is 9.11. The van der Waals surface area contributed by atoms with Crippen LogP contribution in [-0.2, 0) is 34.6 Å². The van der Waals surface area contributed by atoms with Crippen LogP contribution in [0, 0.1) is 0 Å². The Bertz CT molecular complexity index is 1280. The summed E-state index contributed by atoms with van der Waals surface area (Å²) < 4.78 is 34.2. The summed E-state index contributed by atoms with van der Waals surface area (Å²) >= 11 is 0. The number of ether oxygens (including phenoxy) is 1. The highest BCUT2D eigenvalue weighted by atomic mass is 35.5. The fraction of sp³-hybridized carbons (Fsp3) is 0.318. The Labute approximate surface area is 193 Å². The lowest BCUT2D eigenvalue weighted by atomic mass is 9.96. The number of aromatic nitrogens is 1. The van der Waals surface area contributed by atoms with Gasteiger partial charge in [0.2, 0.25) is 0 Å². The van der Waals surface area contributed by atoms with Crippen LogP contribution in [0.3, 0.4) is 0 Å². The first-order valence-electron chi connectivity index (χ1n) is 9.78. The molecule has 2 aromatic carbocycles. The fourth-order valence-corrected chi connectivity index (χ4v) is 4.50. The number of nitrogens with one attached hydrogen (secondary N) is 2. The van der Waals surface area contributed by atoms with Gasteiger partial charge in [-0.05, 0) is 43.9 Å². The molecule has 32 heavy (non-hydrogen) atoms. The van der Waals surface area contributed by atoms with Crippen LogP contribution in [0.1, 0.15) is 27.0 Å². The standard InChI is InChI=1S/C22H25N3O5S.ClH/c1-25(2)11-13-5-6-18-14(7-13)9-19(24-18)16-8-15(12-29-3)21(30-31(4,27)28)17-10-23-22(26)20(16)17;/h5-9,24H,10-12H2,1-4H3,(H,23,26);1H. The molecule has 4 rings (SSSR count). The van der Waals surface area contributed by atoms with Crippen molar-refractivity contribution in [3.05, 3.63) is 52.6 Å². The molecule has 0 unspecified atom stereocenters. The average Bonchev–Trinajstić information content (AvgIpc) is 3.26. The van der Waals surface area contributed by atoms with Gasteiger partial charge in [0.25, 0.3) is 5.91 Å². The normalized spacial score (nSPS) is 13.2. The van der Waals surface area contributed by atoms with E-state index in [2.05, 4.69) is 27.3 Å². The minimum Gasteiger partial charge on any atom is -0.382 e. The number of carbonyl (C=O) groups is 1. The Kier molecular flexibility index (Phi) is 6.85. The number of hydrogen-bond acceptors (Lipinski definition) is 6. The minimum absolute atomic E-state index is 0. The largest absolute Gasteiger partial charge is 0.382 e. The molecule has 2 N–H and O–H groups in total. The number of rotatable bonds is 7. The van der Waals surface area contributed by atoms with Gasteiger partial charge in [-0.15, -0.1) is 12.4 Å². The van der Waals surface area contributed by atoms with Gasteiger partial charge in [-0.1, -0.05) is 6.07 Å². The number of halogens is 1. The summed E-state index contributed by atoms with van der Waals surface area (Å²) in [6.45, 7) is 1.16. The van der Waals surface area contributed by atoms with E-state index in [1.165, 1.54) is 12.7 Å². The zero-order chi connectivity index (χ0) is 22.3. The zero-order valence-corrected chi connectivity index (χ0v) is 19.9. The van der Waals surface area contributed by atoms with E-state index in [0.717, 1.165) is 29.4 Å². The predicted molar refractivity (Wildman–Crippen MR) is 126 cm³/mol. The van der Waals surface area contributed by atoms with E-state index in [0.29, 0.717) is 22.3 Å². The molecule has 0 saturated carbocycles. The fourth-order valence-electron chi connectivity index (χ4n) is 3.99. The predicted octanol–water partition coefficient (Wildman–Crippen LogP) is 3.05. The molecule has 0 saturated heterocycles. The van der Waals surface area contributed by atoms with E-state index in [-0.39, 0.29) is 37.2 Å². The van der Waals surface area contributed by atoms with E-state index < -0.39 is 10.1 Å². The van der Waals surface area contributed by atoms with Crippen LogP contribution in [0.25, 0.3) is 22.2 Å². The Hall–Kier alpha value is -2.59. The van der Waals surface area contributed by atoms with Crippen LogP contribution in [0.4, 0.5) is 0 Å². The minimum atomic E-state index is -3.78. The summed E-state index contributed by atoms with van der Waals surface area (Å²) in [6, 6.07) is 9.98. The highest BCUT2D eigenvalue weighted by Crippen LogP contribution is 2.39. The second-order valence-electron chi connectivity index (χ2n) is 8.01. The molecule has 0 atom stereocenters. The molecule has 0 radical (unpaired) electrons. The molecule has 1 aliphatic heterocycles. The number of amides is 1. The van der Waals surface area contributed by atoms with Crippen LogP contribution in [0.15, 0.2) is 30.3 Å². The maximum absolute atomic E-state index is 12.7. The van der Waals surface area contributed by atoms with Gasteiger partial charge >= 0.3 is 10.1 Å². The van der Waals surface area contributed by atoms with Crippen molar-refractivity contribution in [1.29, 1.82) is 0 Å². The van der Waals surface area contributed by atoms with Crippen molar-refractivity contribution in [1.82, 2.24) is 15.2 Å². The number of methoxy groups -OCH3 is 1. The lowest BCUT2D eigenvalue weighted by Gasteiger charge is -2.15. The van der Waals surface area contributed by atoms with Crippen LogP contribution < -0.4 is 9.50 Å². The van der Waals surface area contributed by atoms with Crippen molar-refractivity contribution >= 4 is 39.3 Å². The van der Waals surface area contributed by atoms with E-state index in [9.17, 15) is 13.2 Å². The number of H-pyrrole nitrogens is 1. The molecule has 2 heterocycles. The molecular weight excluding hydrogens is 454 g/mol. The van der Waals surface area contributed by atoms with Gasteiger partial charge in [-0.25, -0.2) is 0 Å². The lowest BCUT2D eigenvalue weighted by molar-refractivity contribution is 0.0966. The van der Waals surface area contributed by atoms with Gasteiger partial charge < -0.3 is 24.1 Å². The van der Waals surface area contributed by atoms with Gasteiger partial charge in [0.1, 0.15) is 0 Å². The van der Waals surface area contributed by atoms with Crippen molar-refractivity contribution in [3.8, 4) is 17.0 Å². The number of carbonyl (C=O) groups excluding carboxylic acids is 1. The van der Waals surface area contributed by atoms with Crippen molar-refractivity contribution in [3.63, 3.8) is 0 Å². The maximum atomic E-state index is 12.7. The Morgan fingerprint density at radius 3 is 2.56 bits per heavy atom. The van der Waals surface area contributed by atoms with E-state index >= 15 is 0 Å². The molecule has 172 valence electrons. The molecule has 1 aliphatic rings. The molecule has 1 amide bonds. The molecule has 10 heteroatoms. The molecular formula is C22H26ClN3O5S.